The number of benzene rings is 1. The molecule has 26 heavy (non-hydrogen) atoms. The molecule has 0 aliphatic carbocycles. The molecule has 0 saturated carbocycles. The van der Waals surface area contributed by atoms with E-state index in [1.165, 1.54) is 29.4 Å². The summed E-state index contributed by atoms with van der Waals surface area (Å²) in [7, 11) is 0. The summed E-state index contributed by atoms with van der Waals surface area (Å²) in [5, 5.41) is 6.34. The molecule has 0 amide bonds. The fourth-order valence-electron chi connectivity index (χ4n) is 2.81. The maximum atomic E-state index is 14.3. The smallest absolute Gasteiger partial charge is 0.192 e. The summed E-state index contributed by atoms with van der Waals surface area (Å²) in [5.74, 6) is 0.371. The largest absolute Gasteiger partial charge is 0.384 e. The number of halogens is 2. The van der Waals surface area contributed by atoms with Gasteiger partial charge in [-0.2, -0.15) is 0 Å². The standard InChI is InChI=1S/C17H23ClFN5S2/c18-13-7-16(26-23-17-22-4-6-25-17)14(19)8-15(13)21-3-1-2-5-24-10-12(9-20)11-24/h4,6-8,12,21H,1-3,5,9-11,20H2,(H,22,23). The van der Waals surface area contributed by atoms with Gasteiger partial charge in [-0.3, -0.25) is 0 Å². The van der Waals surface area contributed by atoms with Crippen molar-refractivity contribution in [1.29, 1.82) is 0 Å². The molecule has 4 N–H and O–H groups in total. The van der Waals surface area contributed by atoms with Gasteiger partial charge in [0, 0.05) is 31.2 Å². The van der Waals surface area contributed by atoms with E-state index in [2.05, 4.69) is 19.9 Å². The third kappa shape index (κ3) is 5.47. The second-order valence-corrected chi connectivity index (χ2v) is 8.45. The van der Waals surface area contributed by atoms with Crippen LogP contribution in [0.15, 0.2) is 28.6 Å². The molecule has 0 spiro atoms. The normalized spacial score (nSPS) is 15.0. The number of hydrogen-bond donors (Lipinski definition) is 3. The summed E-state index contributed by atoms with van der Waals surface area (Å²) >= 11 is 8.92. The van der Waals surface area contributed by atoms with E-state index in [-0.39, 0.29) is 5.82 Å². The van der Waals surface area contributed by atoms with Crippen LogP contribution in [0.5, 0.6) is 0 Å². The van der Waals surface area contributed by atoms with E-state index in [9.17, 15) is 4.39 Å². The predicted octanol–water partition coefficient (Wildman–Crippen LogP) is 4.14. The molecule has 0 radical (unpaired) electrons. The Morgan fingerprint density at radius 3 is 2.96 bits per heavy atom. The van der Waals surface area contributed by atoms with Crippen LogP contribution < -0.4 is 15.8 Å². The van der Waals surface area contributed by atoms with E-state index < -0.39 is 0 Å². The number of hydrogen-bond acceptors (Lipinski definition) is 7. The highest BCUT2D eigenvalue weighted by molar-refractivity contribution is 8.00. The van der Waals surface area contributed by atoms with Crippen LogP contribution in [-0.4, -0.2) is 42.6 Å². The Kier molecular flexibility index (Phi) is 7.39. The second kappa shape index (κ2) is 9.75. The molecule has 1 aromatic heterocycles. The van der Waals surface area contributed by atoms with Crippen molar-refractivity contribution in [3.63, 3.8) is 0 Å². The average molecular weight is 416 g/mol. The lowest BCUT2D eigenvalue weighted by Gasteiger charge is -2.38. The maximum absolute atomic E-state index is 14.3. The number of nitrogens with two attached hydrogens (primary N) is 1. The zero-order valence-electron chi connectivity index (χ0n) is 14.4. The van der Waals surface area contributed by atoms with Gasteiger partial charge in [0.15, 0.2) is 5.13 Å². The number of rotatable bonds is 10. The first-order chi connectivity index (χ1) is 12.7. The van der Waals surface area contributed by atoms with E-state index in [4.69, 9.17) is 17.3 Å². The van der Waals surface area contributed by atoms with Crippen LogP contribution in [-0.2, 0) is 0 Å². The van der Waals surface area contributed by atoms with Crippen molar-refractivity contribution in [3.05, 3.63) is 34.5 Å². The summed E-state index contributed by atoms with van der Waals surface area (Å²) in [6, 6.07) is 3.09. The molecule has 1 aliphatic rings. The molecule has 1 fully saturated rings. The molecule has 1 aromatic carbocycles. The first-order valence-corrected chi connectivity index (χ1v) is 10.7. The zero-order valence-corrected chi connectivity index (χ0v) is 16.8. The average Bonchev–Trinajstić information content (AvgIpc) is 3.11. The molecule has 0 atom stereocenters. The zero-order chi connectivity index (χ0) is 18.4. The summed E-state index contributed by atoms with van der Waals surface area (Å²) < 4.78 is 17.3. The number of nitrogens with one attached hydrogen (secondary N) is 2. The molecule has 1 saturated heterocycles. The SMILES string of the molecule is NCC1CN(CCCCNc2cc(F)c(SNc3nccs3)cc2Cl)C1. The second-order valence-electron chi connectivity index (χ2n) is 6.30. The number of anilines is 2. The summed E-state index contributed by atoms with van der Waals surface area (Å²) in [6.07, 6.45) is 3.82. The molecule has 9 heteroatoms. The van der Waals surface area contributed by atoms with Crippen molar-refractivity contribution < 1.29 is 4.39 Å². The molecule has 0 unspecified atom stereocenters. The monoisotopic (exact) mass is 415 g/mol. The van der Waals surface area contributed by atoms with Gasteiger partial charge in [-0.05, 0) is 55.9 Å². The van der Waals surface area contributed by atoms with Crippen LogP contribution in [0, 0.1) is 11.7 Å². The number of unbranched alkanes of at least 4 members (excludes halogenated alkanes) is 1. The number of nitrogens with zero attached hydrogens (tertiary/aromatic N) is 2. The highest BCUT2D eigenvalue weighted by Crippen LogP contribution is 2.32. The van der Waals surface area contributed by atoms with Gasteiger partial charge in [0.1, 0.15) is 5.82 Å². The summed E-state index contributed by atoms with van der Waals surface area (Å²) in [4.78, 5) is 6.97. The minimum Gasteiger partial charge on any atom is -0.384 e. The highest BCUT2D eigenvalue weighted by atomic mass is 35.5. The van der Waals surface area contributed by atoms with Crippen LogP contribution in [0.2, 0.25) is 5.02 Å². The molecular formula is C17H23ClFN5S2. The van der Waals surface area contributed by atoms with Crippen molar-refractivity contribution in [2.75, 3.05) is 42.8 Å². The van der Waals surface area contributed by atoms with Gasteiger partial charge in [0.05, 0.1) is 15.6 Å². The van der Waals surface area contributed by atoms with Gasteiger partial charge < -0.3 is 20.7 Å². The van der Waals surface area contributed by atoms with Gasteiger partial charge in [-0.1, -0.05) is 11.6 Å². The molecule has 5 nitrogen and oxygen atoms in total. The minimum absolute atomic E-state index is 0.306. The Balaban J connectivity index is 1.40. The van der Waals surface area contributed by atoms with Crippen LogP contribution in [0.4, 0.5) is 15.2 Å². The van der Waals surface area contributed by atoms with E-state index in [1.807, 2.05) is 5.38 Å². The van der Waals surface area contributed by atoms with Gasteiger partial charge >= 0.3 is 0 Å². The Bertz CT molecular complexity index is 695. The van der Waals surface area contributed by atoms with E-state index in [0.29, 0.717) is 21.5 Å². The maximum Gasteiger partial charge on any atom is 0.192 e. The van der Waals surface area contributed by atoms with Crippen LogP contribution in [0.1, 0.15) is 12.8 Å². The molecule has 142 valence electrons. The van der Waals surface area contributed by atoms with E-state index in [0.717, 1.165) is 50.7 Å². The topological polar surface area (TPSA) is 66.2 Å². The van der Waals surface area contributed by atoms with Crippen molar-refractivity contribution >= 4 is 45.7 Å². The van der Waals surface area contributed by atoms with Gasteiger partial charge in [-0.25, -0.2) is 9.37 Å². The van der Waals surface area contributed by atoms with Crippen molar-refractivity contribution in [3.8, 4) is 0 Å². The van der Waals surface area contributed by atoms with Crippen LogP contribution in [0.3, 0.4) is 0 Å². The third-order valence-electron chi connectivity index (χ3n) is 4.28. The number of thiazole rings is 1. The first-order valence-electron chi connectivity index (χ1n) is 8.63. The first kappa shape index (κ1) is 19.7. The van der Waals surface area contributed by atoms with Gasteiger partial charge in [0.25, 0.3) is 0 Å². The van der Waals surface area contributed by atoms with Gasteiger partial charge in [0.2, 0.25) is 0 Å². The number of aromatic nitrogens is 1. The Labute approximate surface area is 166 Å². The van der Waals surface area contributed by atoms with Crippen LogP contribution >= 0.6 is 34.9 Å². The highest BCUT2D eigenvalue weighted by Gasteiger charge is 2.24. The van der Waals surface area contributed by atoms with E-state index in [1.54, 1.807) is 12.3 Å². The molecule has 3 rings (SSSR count). The minimum atomic E-state index is -0.306. The fourth-order valence-corrected chi connectivity index (χ4v) is 4.37. The number of likely N-dealkylation sites (tertiary alicyclic amines) is 1. The molecule has 0 bridgehead atoms. The third-order valence-corrected chi connectivity index (χ3v) is 6.24. The molecule has 2 heterocycles. The quantitative estimate of drug-likeness (QED) is 0.400. The van der Waals surface area contributed by atoms with Crippen molar-refractivity contribution in [2.24, 2.45) is 11.7 Å². The predicted molar refractivity (Wildman–Crippen MR) is 110 cm³/mol. The van der Waals surface area contributed by atoms with E-state index >= 15 is 0 Å². The Morgan fingerprint density at radius 1 is 1.38 bits per heavy atom. The Morgan fingerprint density at radius 2 is 2.23 bits per heavy atom. The van der Waals surface area contributed by atoms with Crippen molar-refractivity contribution in [1.82, 2.24) is 9.88 Å². The lowest BCUT2D eigenvalue weighted by atomic mass is 10.0. The summed E-state index contributed by atoms with van der Waals surface area (Å²) in [5.41, 5.74) is 6.26. The van der Waals surface area contributed by atoms with Crippen molar-refractivity contribution in [2.45, 2.75) is 17.7 Å². The van der Waals surface area contributed by atoms with Gasteiger partial charge in [-0.15, -0.1) is 11.3 Å². The van der Waals surface area contributed by atoms with Crippen LogP contribution in [0.25, 0.3) is 0 Å². The molecule has 1 aliphatic heterocycles. The molecular weight excluding hydrogens is 393 g/mol. The molecule has 2 aromatic rings. The fraction of sp³-hybridized carbons (Fsp3) is 0.471. The Hall–Kier alpha value is -1.06. The lowest BCUT2D eigenvalue weighted by Crippen LogP contribution is -2.49. The lowest BCUT2D eigenvalue weighted by molar-refractivity contribution is 0.104. The summed E-state index contributed by atoms with van der Waals surface area (Å²) in [6.45, 7) is 4.90.